The Balaban J connectivity index is 1.61. The van der Waals surface area contributed by atoms with Crippen molar-refractivity contribution in [2.75, 3.05) is 12.4 Å². The number of hydrogen-bond acceptors (Lipinski definition) is 6. The smallest absolute Gasteiger partial charge is 0.210 e. The number of halogens is 1. The van der Waals surface area contributed by atoms with E-state index in [0.29, 0.717) is 5.75 Å². The summed E-state index contributed by atoms with van der Waals surface area (Å²) in [4.78, 5) is 0. The molecule has 2 aromatic carbocycles. The lowest BCUT2D eigenvalue weighted by molar-refractivity contribution is 0.386. The Hall–Kier alpha value is -2.12. The molecule has 0 aliphatic heterocycles. The van der Waals surface area contributed by atoms with Crippen molar-refractivity contribution in [3.05, 3.63) is 59.4 Å². The predicted octanol–water partition coefficient (Wildman–Crippen LogP) is 5.03. The maximum Gasteiger partial charge on any atom is 0.210 e. The van der Waals surface area contributed by atoms with E-state index in [-0.39, 0.29) is 11.6 Å². The van der Waals surface area contributed by atoms with Crippen molar-refractivity contribution in [2.24, 2.45) is 0 Å². The molecule has 3 rings (SSSR count). The Morgan fingerprint density at radius 2 is 2.08 bits per heavy atom. The quantitative estimate of drug-likeness (QED) is 0.624. The van der Waals surface area contributed by atoms with Gasteiger partial charge in [0.2, 0.25) is 5.13 Å². The van der Waals surface area contributed by atoms with Crippen LogP contribution in [0.5, 0.6) is 5.75 Å². The van der Waals surface area contributed by atoms with Gasteiger partial charge in [-0.05, 0) is 42.3 Å². The van der Waals surface area contributed by atoms with Crippen LogP contribution in [0.1, 0.15) is 11.1 Å². The molecule has 0 atom stereocenters. The average molecular weight is 361 g/mol. The highest BCUT2D eigenvalue weighted by molar-refractivity contribution is 8.00. The fourth-order valence-electron chi connectivity index (χ4n) is 2.11. The van der Waals surface area contributed by atoms with E-state index in [4.69, 9.17) is 4.74 Å². The molecule has 124 valence electrons. The molecule has 0 aliphatic carbocycles. The number of nitrogens with one attached hydrogen (secondary N) is 1. The number of benzene rings is 2. The van der Waals surface area contributed by atoms with Gasteiger partial charge in [-0.2, -0.15) is 0 Å². The van der Waals surface area contributed by atoms with Crippen LogP contribution in [0.25, 0.3) is 0 Å². The molecule has 3 aromatic rings. The lowest BCUT2D eigenvalue weighted by atomic mass is 10.2. The van der Waals surface area contributed by atoms with Crippen LogP contribution in [-0.4, -0.2) is 17.3 Å². The van der Waals surface area contributed by atoms with Gasteiger partial charge in [0, 0.05) is 11.4 Å². The van der Waals surface area contributed by atoms with E-state index in [9.17, 15) is 4.39 Å². The first-order valence-electron chi connectivity index (χ1n) is 7.26. The first-order valence-corrected chi connectivity index (χ1v) is 9.06. The predicted molar refractivity (Wildman–Crippen MR) is 96.9 cm³/mol. The molecule has 0 aliphatic rings. The largest absolute Gasteiger partial charge is 0.494 e. The van der Waals surface area contributed by atoms with Gasteiger partial charge in [0.15, 0.2) is 15.9 Å². The summed E-state index contributed by atoms with van der Waals surface area (Å²) >= 11 is 3.00. The lowest BCUT2D eigenvalue weighted by Crippen LogP contribution is -1.89. The van der Waals surface area contributed by atoms with Crippen molar-refractivity contribution >= 4 is 33.9 Å². The van der Waals surface area contributed by atoms with Gasteiger partial charge in [0.05, 0.1) is 7.11 Å². The highest BCUT2D eigenvalue weighted by Crippen LogP contribution is 2.30. The van der Waals surface area contributed by atoms with Gasteiger partial charge in [0.25, 0.3) is 0 Å². The summed E-state index contributed by atoms with van der Waals surface area (Å²) in [7, 11) is 1.46. The molecule has 0 fully saturated rings. The number of thioether (sulfide) groups is 1. The van der Waals surface area contributed by atoms with Gasteiger partial charge in [-0.1, -0.05) is 41.3 Å². The highest BCUT2D eigenvalue weighted by atomic mass is 32.2. The zero-order valence-corrected chi connectivity index (χ0v) is 14.9. The molecule has 0 amide bonds. The van der Waals surface area contributed by atoms with Crippen LogP contribution in [0, 0.1) is 12.7 Å². The van der Waals surface area contributed by atoms with Crippen LogP contribution in [0.15, 0.2) is 46.8 Å². The van der Waals surface area contributed by atoms with E-state index < -0.39 is 0 Å². The summed E-state index contributed by atoms with van der Waals surface area (Å²) in [6, 6.07) is 13.0. The second-order valence-electron chi connectivity index (χ2n) is 5.13. The van der Waals surface area contributed by atoms with Crippen molar-refractivity contribution in [2.45, 2.75) is 17.0 Å². The molecule has 0 spiro atoms. The summed E-state index contributed by atoms with van der Waals surface area (Å²) in [5, 5.41) is 12.3. The SMILES string of the molecule is COc1ccc(CSc2nnc(Nc3cccc(C)c3)s2)cc1F. The third-order valence-corrected chi connectivity index (χ3v) is 5.30. The molecule has 24 heavy (non-hydrogen) atoms. The number of rotatable bonds is 6. The zero-order valence-electron chi connectivity index (χ0n) is 13.2. The Labute approximate surface area is 148 Å². The van der Waals surface area contributed by atoms with Gasteiger partial charge in [0.1, 0.15) is 0 Å². The van der Waals surface area contributed by atoms with Crippen LogP contribution in [-0.2, 0) is 5.75 Å². The summed E-state index contributed by atoms with van der Waals surface area (Å²) < 4.78 is 19.4. The monoisotopic (exact) mass is 361 g/mol. The molecule has 0 bridgehead atoms. The number of anilines is 2. The van der Waals surface area contributed by atoms with Gasteiger partial charge in [-0.25, -0.2) is 4.39 Å². The molecule has 0 saturated carbocycles. The fraction of sp³-hybridized carbons (Fsp3) is 0.176. The van der Waals surface area contributed by atoms with E-state index in [1.807, 2.05) is 37.3 Å². The standard InChI is InChI=1S/C17H16FN3OS2/c1-11-4-3-5-13(8-11)19-16-20-21-17(24-16)23-10-12-6-7-15(22-2)14(18)9-12/h3-9H,10H2,1-2H3,(H,19,20). The summed E-state index contributed by atoms with van der Waals surface area (Å²) in [6.45, 7) is 2.04. The lowest BCUT2D eigenvalue weighted by Gasteiger charge is -2.04. The first-order chi connectivity index (χ1) is 11.6. The number of nitrogens with zero attached hydrogens (tertiary/aromatic N) is 2. The number of hydrogen-bond donors (Lipinski definition) is 1. The average Bonchev–Trinajstić information content (AvgIpc) is 3.00. The van der Waals surface area contributed by atoms with Crippen LogP contribution >= 0.6 is 23.1 Å². The van der Waals surface area contributed by atoms with Crippen LogP contribution in [0.4, 0.5) is 15.2 Å². The molecule has 1 N–H and O–H groups in total. The third kappa shape index (κ3) is 4.24. The van der Waals surface area contributed by atoms with E-state index in [1.165, 1.54) is 41.8 Å². The topological polar surface area (TPSA) is 47.0 Å². The molecule has 0 unspecified atom stereocenters. The molecular weight excluding hydrogens is 345 g/mol. The third-order valence-electron chi connectivity index (χ3n) is 3.25. The number of ether oxygens (including phenoxy) is 1. The second-order valence-corrected chi connectivity index (χ2v) is 7.33. The van der Waals surface area contributed by atoms with Crippen LogP contribution in [0.2, 0.25) is 0 Å². The minimum atomic E-state index is -0.352. The second kappa shape index (κ2) is 7.63. The van der Waals surface area contributed by atoms with Crippen molar-refractivity contribution in [1.82, 2.24) is 10.2 Å². The van der Waals surface area contributed by atoms with Crippen molar-refractivity contribution in [3.63, 3.8) is 0 Å². The van der Waals surface area contributed by atoms with Gasteiger partial charge < -0.3 is 10.1 Å². The molecular formula is C17H16FN3OS2. The highest BCUT2D eigenvalue weighted by Gasteiger charge is 2.08. The summed E-state index contributed by atoms with van der Waals surface area (Å²) in [6.07, 6.45) is 0. The van der Waals surface area contributed by atoms with Gasteiger partial charge in [-0.15, -0.1) is 10.2 Å². The number of aromatic nitrogens is 2. The van der Waals surface area contributed by atoms with E-state index in [2.05, 4.69) is 15.5 Å². The molecule has 0 saturated heterocycles. The van der Waals surface area contributed by atoms with Crippen LogP contribution < -0.4 is 10.1 Å². The Bertz CT molecular complexity index is 838. The Morgan fingerprint density at radius 3 is 2.83 bits per heavy atom. The number of aryl methyl sites for hydroxylation is 1. The minimum Gasteiger partial charge on any atom is -0.494 e. The van der Waals surface area contributed by atoms with Crippen molar-refractivity contribution in [1.29, 1.82) is 0 Å². The van der Waals surface area contributed by atoms with Crippen molar-refractivity contribution < 1.29 is 9.13 Å². The van der Waals surface area contributed by atoms with E-state index in [1.54, 1.807) is 6.07 Å². The first kappa shape index (κ1) is 16.7. The molecule has 4 nitrogen and oxygen atoms in total. The van der Waals surface area contributed by atoms with Crippen LogP contribution in [0.3, 0.4) is 0 Å². The van der Waals surface area contributed by atoms with E-state index >= 15 is 0 Å². The molecule has 1 heterocycles. The molecule has 1 aromatic heterocycles. The number of methoxy groups -OCH3 is 1. The zero-order chi connectivity index (χ0) is 16.9. The molecule has 0 radical (unpaired) electrons. The minimum absolute atomic E-state index is 0.254. The van der Waals surface area contributed by atoms with Crippen molar-refractivity contribution in [3.8, 4) is 5.75 Å². The summed E-state index contributed by atoms with van der Waals surface area (Å²) in [5.41, 5.74) is 3.04. The summed E-state index contributed by atoms with van der Waals surface area (Å²) in [5.74, 6) is 0.527. The maximum absolute atomic E-state index is 13.7. The van der Waals surface area contributed by atoms with E-state index in [0.717, 1.165) is 20.7 Å². The maximum atomic E-state index is 13.7. The normalized spacial score (nSPS) is 10.6. The van der Waals surface area contributed by atoms with Gasteiger partial charge in [-0.3, -0.25) is 0 Å². The Kier molecular flexibility index (Phi) is 5.32. The van der Waals surface area contributed by atoms with Gasteiger partial charge >= 0.3 is 0 Å². The Morgan fingerprint density at radius 1 is 1.21 bits per heavy atom. The fourth-order valence-corrected chi connectivity index (χ4v) is 3.82. The molecule has 7 heteroatoms.